The number of hydrogen-bond acceptors (Lipinski definition) is 5. The summed E-state index contributed by atoms with van der Waals surface area (Å²) in [6.45, 7) is 1.56. The minimum atomic E-state index is -0.583. The lowest BCUT2D eigenvalue weighted by Crippen LogP contribution is -2.46. The summed E-state index contributed by atoms with van der Waals surface area (Å²) in [5.74, 6) is -0.591. The second kappa shape index (κ2) is 11.4. The summed E-state index contributed by atoms with van der Waals surface area (Å²) in [6, 6.07) is 16.5. The van der Waals surface area contributed by atoms with Crippen molar-refractivity contribution in [2.75, 3.05) is 31.7 Å². The maximum absolute atomic E-state index is 12.4. The van der Waals surface area contributed by atoms with Crippen LogP contribution in [-0.4, -0.2) is 54.9 Å². The van der Waals surface area contributed by atoms with Gasteiger partial charge in [-0.15, -0.1) is 11.8 Å². The number of thioether (sulfide) groups is 1. The molecule has 7 heteroatoms. The molecule has 2 aromatic carbocycles. The molecule has 0 saturated carbocycles. The number of benzene rings is 2. The summed E-state index contributed by atoms with van der Waals surface area (Å²) in [6.07, 6.45) is 2.39. The number of anilines is 1. The fourth-order valence-electron chi connectivity index (χ4n) is 2.87. The van der Waals surface area contributed by atoms with E-state index >= 15 is 0 Å². The van der Waals surface area contributed by atoms with Crippen molar-refractivity contribution in [3.05, 3.63) is 60.2 Å². The van der Waals surface area contributed by atoms with Crippen molar-refractivity contribution in [1.82, 2.24) is 10.2 Å². The first-order valence-corrected chi connectivity index (χ1v) is 10.6. The number of likely N-dealkylation sites (N-methyl/N-ethyl adjacent to an activating group) is 1. The molecule has 154 valence electrons. The van der Waals surface area contributed by atoms with Gasteiger partial charge in [0.15, 0.2) is 5.78 Å². The Labute approximate surface area is 176 Å². The van der Waals surface area contributed by atoms with E-state index in [2.05, 4.69) is 10.6 Å². The second-order valence-electron chi connectivity index (χ2n) is 6.84. The van der Waals surface area contributed by atoms with E-state index in [1.807, 2.05) is 60.9 Å². The Morgan fingerprint density at radius 1 is 0.966 bits per heavy atom. The number of Topliss-reactive ketones (excluding diaryl/α,β-unsaturated/α-hetero) is 1. The Bertz CT molecular complexity index is 842. The smallest absolute Gasteiger partial charge is 0.238 e. The normalized spacial score (nSPS) is 11.7. The lowest BCUT2D eigenvalue weighted by atomic mass is 10.0. The number of carbonyl (C=O) groups excluding carboxylic acids is 3. The molecule has 2 amide bonds. The van der Waals surface area contributed by atoms with Gasteiger partial charge in [-0.1, -0.05) is 42.5 Å². The van der Waals surface area contributed by atoms with Gasteiger partial charge in [-0.25, -0.2) is 0 Å². The lowest BCUT2D eigenvalue weighted by Gasteiger charge is -2.20. The zero-order chi connectivity index (χ0) is 21.2. The van der Waals surface area contributed by atoms with E-state index in [9.17, 15) is 14.4 Å². The molecule has 29 heavy (non-hydrogen) atoms. The number of para-hydroxylation sites is 1. The van der Waals surface area contributed by atoms with Crippen LogP contribution >= 0.6 is 11.8 Å². The second-order valence-corrected chi connectivity index (χ2v) is 7.69. The van der Waals surface area contributed by atoms with Crippen LogP contribution < -0.4 is 10.6 Å². The fourth-order valence-corrected chi connectivity index (χ4v) is 3.42. The van der Waals surface area contributed by atoms with E-state index in [1.165, 1.54) is 6.92 Å². The largest absolute Gasteiger partial charge is 0.345 e. The third-order valence-electron chi connectivity index (χ3n) is 4.32. The highest BCUT2D eigenvalue weighted by Crippen LogP contribution is 2.24. The molecule has 0 heterocycles. The topological polar surface area (TPSA) is 78.5 Å². The van der Waals surface area contributed by atoms with Gasteiger partial charge in [-0.3, -0.25) is 19.3 Å². The Morgan fingerprint density at radius 3 is 2.24 bits per heavy atom. The quantitative estimate of drug-likeness (QED) is 0.586. The first kappa shape index (κ1) is 22.6. The summed E-state index contributed by atoms with van der Waals surface area (Å²) >= 11 is 1.55. The van der Waals surface area contributed by atoms with Gasteiger partial charge in [0.05, 0.1) is 24.8 Å². The highest BCUT2D eigenvalue weighted by molar-refractivity contribution is 7.98. The molecule has 0 spiro atoms. The number of ketones is 1. The fraction of sp³-hybridized carbons (Fsp3) is 0.318. The average molecular weight is 414 g/mol. The zero-order valence-electron chi connectivity index (χ0n) is 17.0. The van der Waals surface area contributed by atoms with Crippen LogP contribution in [0, 0.1) is 0 Å². The number of nitrogens with zero attached hydrogens (tertiary/aromatic N) is 1. The third kappa shape index (κ3) is 7.71. The maximum atomic E-state index is 12.4. The minimum absolute atomic E-state index is 0.0240. The van der Waals surface area contributed by atoms with Crippen LogP contribution in [0.1, 0.15) is 12.5 Å². The molecule has 0 aliphatic rings. The van der Waals surface area contributed by atoms with Crippen LogP contribution in [0.5, 0.6) is 0 Å². The monoisotopic (exact) mass is 413 g/mol. The predicted octanol–water partition coefficient (Wildman–Crippen LogP) is 2.60. The first-order chi connectivity index (χ1) is 13.9. The van der Waals surface area contributed by atoms with E-state index in [4.69, 9.17) is 0 Å². The van der Waals surface area contributed by atoms with Crippen LogP contribution in [0.2, 0.25) is 0 Å². The van der Waals surface area contributed by atoms with Crippen LogP contribution in [-0.2, 0) is 20.8 Å². The average Bonchev–Trinajstić information content (AvgIpc) is 2.68. The molecule has 6 nitrogen and oxygen atoms in total. The van der Waals surface area contributed by atoms with E-state index in [1.54, 1.807) is 23.7 Å². The highest BCUT2D eigenvalue weighted by Gasteiger charge is 2.19. The van der Waals surface area contributed by atoms with E-state index in [0.29, 0.717) is 6.42 Å². The summed E-state index contributed by atoms with van der Waals surface area (Å²) in [5.41, 5.74) is 1.73. The number of carbonyl (C=O) groups is 3. The number of hydrogen-bond donors (Lipinski definition) is 2. The van der Waals surface area contributed by atoms with Gasteiger partial charge < -0.3 is 10.6 Å². The van der Waals surface area contributed by atoms with Crippen molar-refractivity contribution in [2.24, 2.45) is 0 Å². The van der Waals surface area contributed by atoms with Crippen molar-refractivity contribution < 1.29 is 14.4 Å². The molecule has 0 saturated heterocycles. The Kier molecular flexibility index (Phi) is 8.89. The SMILES string of the molecule is CSc1ccccc1NC(=O)CN(C)CC(=O)NC(Cc1ccccc1)C(C)=O. The van der Waals surface area contributed by atoms with Crippen molar-refractivity contribution in [2.45, 2.75) is 24.3 Å². The van der Waals surface area contributed by atoms with E-state index in [-0.39, 0.29) is 30.7 Å². The molecule has 2 N–H and O–H groups in total. The molecular formula is C22H27N3O3S. The molecule has 2 rings (SSSR count). The van der Waals surface area contributed by atoms with Crippen LogP contribution in [0.15, 0.2) is 59.5 Å². The predicted molar refractivity (Wildman–Crippen MR) is 117 cm³/mol. The zero-order valence-corrected chi connectivity index (χ0v) is 17.8. The van der Waals surface area contributed by atoms with Crippen LogP contribution in [0.25, 0.3) is 0 Å². The van der Waals surface area contributed by atoms with Crippen LogP contribution in [0.4, 0.5) is 5.69 Å². The van der Waals surface area contributed by atoms with Crippen molar-refractivity contribution >= 4 is 35.0 Å². The van der Waals surface area contributed by atoms with Crippen molar-refractivity contribution in [3.8, 4) is 0 Å². The number of rotatable bonds is 10. The molecule has 0 aliphatic heterocycles. The van der Waals surface area contributed by atoms with E-state index < -0.39 is 6.04 Å². The minimum Gasteiger partial charge on any atom is -0.345 e. The lowest BCUT2D eigenvalue weighted by molar-refractivity contribution is -0.128. The van der Waals surface area contributed by atoms with Gasteiger partial charge in [0.2, 0.25) is 11.8 Å². The Hall–Kier alpha value is -2.64. The summed E-state index contributed by atoms with van der Waals surface area (Å²) in [4.78, 5) is 39.2. The van der Waals surface area contributed by atoms with Crippen molar-refractivity contribution in [3.63, 3.8) is 0 Å². The summed E-state index contributed by atoms with van der Waals surface area (Å²) in [5, 5.41) is 5.64. The van der Waals surface area contributed by atoms with Gasteiger partial charge in [0, 0.05) is 4.90 Å². The van der Waals surface area contributed by atoms with Gasteiger partial charge in [0.1, 0.15) is 0 Å². The molecule has 0 radical (unpaired) electrons. The molecule has 0 bridgehead atoms. The molecule has 0 aliphatic carbocycles. The maximum Gasteiger partial charge on any atom is 0.238 e. The van der Waals surface area contributed by atoms with Crippen LogP contribution in [0.3, 0.4) is 0 Å². The standard InChI is InChI=1S/C22H27N3O3S/c1-16(26)19(13-17-9-5-4-6-10-17)24-22(28)15-25(2)14-21(27)23-18-11-7-8-12-20(18)29-3/h4-12,19H,13-15H2,1-3H3,(H,23,27)(H,24,28). The molecule has 0 fully saturated rings. The third-order valence-corrected chi connectivity index (χ3v) is 5.11. The van der Waals surface area contributed by atoms with E-state index in [0.717, 1.165) is 16.1 Å². The molecule has 1 unspecified atom stereocenters. The molecule has 2 aromatic rings. The van der Waals surface area contributed by atoms with Gasteiger partial charge in [-0.2, -0.15) is 0 Å². The molecular weight excluding hydrogens is 386 g/mol. The van der Waals surface area contributed by atoms with Gasteiger partial charge in [-0.05, 0) is 44.3 Å². The summed E-state index contributed by atoms with van der Waals surface area (Å²) in [7, 11) is 1.69. The molecule has 0 aromatic heterocycles. The summed E-state index contributed by atoms with van der Waals surface area (Å²) < 4.78 is 0. The Balaban J connectivity index is 1.85. The van der Waals surface area contributed by atoms with Crippen molar-refractivity contribution in [1.29, 1.82) is 0 Å². The van der Waals surface area contributed by atoms with Gasteiger partial charge in [0.25, 0.3) is 0 Å². The number of nitrogens with one attached hydrogen (secondary N) is 2. The molecule has 1 atom stereocenters. The van der Waals surface area contributed by atoms with Gasteiger partial charge >= 0.3 is 0 Å². The first-order valence-electron chi connectivity index (χ1n) is 9.34. The Morgan fingerprint density at radius 2 is 1.59 bits per heavy atom. The number of amides is 2. The highest BCUT2D eigenvalue weighted by atomic mass is 32.2.